The third-order valence-electron chi connectivity index (χ3n) is 5.97. The Hall–Kier alpha value is -3.82. The Morgan fingerprint density at radius 1 is 1.22 bits per heavy atom. The predicted octanol–water partition coefficient (Wildman–Crippen LogP) is 4.43. The summed E-state index contributed by atoms with van der Waals surface area (Å²) < 4.78 is 48.0. The number of anilines is 2. The molecular weight excluding hydrogens is 507 g/mol. The van der Waals surface area contributed by atoms with E-state index in [1.807, 2.05) is 0 Å². The van der Waals surface area contributed by atoms with Crippen LogP contribution in [0.4, 0.5) is 24.5 Å². The number of carbonyl (C=O) groups is 1. The van der Waals surface area contributed by atoms with E-state index in [-0.39, 0.29) is 52.0 Å². The Kier molecular flexibility index (Phi) is 7.03. The van der Waals surface area contributed by atoms with Crippen LogP contribution < -0.4 is 14.5 Å². The molecule has 2 aromatic carbocycles. The highest BCUT2D eigenvalue weighted by molar-refractivity contribution is 7.81. The van der Waals surface area contributed by atoms with Crippen molar-refractivity contribution in [1.82, 2.24) is 9.97 Å². The topological polar surface area (TPSA) is 103 Å². The highest BCUT2D eigenvalue weighted by Gasteiger charge is 2.50. The molecule has 0 aliphatic carbocycles. The van der Waals surface area contributed by atoms with Crippen molar-refractivity contribution in [3.05, 3.63) is 53.1 Å². The van der Waals surface area contributed by atoms with Crippen molar-refractivity contribution in [2.75, 3.05) is 23.0 Å². The molecule has 37 heavy (non-hydrogen) atoms. The smallest absolute Gasteiger partial charge is 0.265 e. The number of aliphatic hydroxyl groups is 1. The Labute approximate surface area is 215 Å². The summed E-state index contributed by atoms with van der Waals surface area (Å²) in [6.45, 7) is 4.58. The van der Waals surface area contributed by atoms with Gasteiger partial charge in [0.2, 0.25) is 5.88 Å². The number of aromatic nitrogens is 2. The highest BCUT2D eigenvalue weighted by Crippen LogP contribution is 2.40. The molecule has 0 saturated carbocycles. The first-order valence-electron chi connectivity index (χ1n) is 11.3. The Balaban J connectivity index is 1.85. The molecule has 0 spiro atoms. The number of alkyl halides is 2. The first-order valence-corrected chi connectivity index (χ1v) is 11.7. The number of benzene rings is 2. The van der Waals surface area contributed by atoms with Crippen molar-refractivity contribution in [3.63, 3.8) is 0 Å². The second kappa shape index (κ2) is 9.91. The summed E-state index contributed by atoms with van der Waals surface area (Å²) in [6.07, 6.45) is -2.52. The summed E-state index contributed by atoms with van der Waals surface area (Å²) in [5.74, 6) is -0.823. The zero-order valence-electron chi connectivity index (χ0n) is 20.1. The number of ether oxygens (including phenoxy) is 1. The Morgan fingerprint density at radius 2 is 1.95 bits per heavy atom. The van der Waals surface area contributed by atoms with Crippen molar-refractivity contribution in [1.29, 1.82) is 5.26 Å². The first kappa shape index (κ1) is 26.2. The number of aliphatic hydroxyl groups excluding tert-OH is 1. The van der Waals surface area contributed by atoms with Crippen molar-refractivity contribution >= 4 is 45.5 Å². The minimum atomic E-state index is -2.94. The molecule has 12 heteroatoms. The molecule has 0 radical (unpaired) electrons. The number of nitrogens with zero attached hydrogens (tertiary/aromatic N) is 5. The zero-order chi connectivity index (χ0) is 27.1. The molecule has 0 bridgehead atoms. The summed E-state index contributed by atoms with van der Waals surface area (Å²) in [6, 6.07) is 8.03. The second-order valence-electron chi connectivity index (χ2n) is 8.70. The van der Waals surface area contributed by atoms with Gasteiger partial charge in [-0.05, 0) is 56.4 Å². The van der Waals surface area contributed by atoms with E-state index in [2.05, 4.69) is 9.97 Å². The van der Waals surface area contributed by atoms with Gasteiger partial charge in [0.25, 0.3) is 12.3 Å². The summed E-state index contributed by atoms with van der Waals surface area (Å²) >= 11 is 5.59. The van der Waals surface area contributed by atoms with E-state index in [1.165, 1.54) is 29.2 Å². The molecule has 2 heterocycles. The minimum Gasteiger partial charge on any atom is -0.475 e. The molecule has 0 unspecified atom stereocenters. The van der Waals surface area contributed by atoms with Gasteiger partial charge in [0.05, 0.1) is 29.3 Å². The monoisotopic (exact) mass is 529 g/mol. The number of carbonyl (C=O) groups excluding carboxylic acids is 1. The lowest BCUT2D eigenvalue weighted by molar-refractivity contribution is -0.120. The summed E-state index contributed by atoms with van der Waals surface area (Å²) in [5.41, 5.74) is -1.82. The highest BCUT2D eigenvalue weighted by atomic mass is 32.1. The molecule has 1 fully saturated rings. The standard InChI is InChI=1S/C25H22F3N5O3S/c1-4-19-30-20-17(22(31-19)36-8-7-34)10-15(11-18(20)26)33-24(37)32(23(35)25(33,2)3)14-6-5-13(12-29)16(9-14)21(27)28/h5-6,9-11,21,34H,4,7-8H2,1-3H3. The quantitative estimate of drug-likeness (QED) is 0.449. The maximum absolute atomic E-state index is 15.4. The van der Waals surface area contributed by atoms with Gasteiger partial charge in [0, 0.05) is 17.7 Å². The molecule has 1 amide bonds. The molecule has 0 atom stereocenters. The van der Waals surface area contributed by atoms with Gasteiger partial charge in [-0.2, -0.15) is 10.2 Å². The SMILES string of the molecule is CCc1nc(OCCO)c2cc(N3C(=S)N(c4ccc(C#N)c(C(F)F)c4)C(=O)C3(C)C)cc(F)c2n1. The molecule has 1 aromatic heterocycles. The molecule has 1 aliphatic heterocycles. The molecule has 4 rings (SSSR count). The summed E-state index contributed by atoms with van der Waals surface area (Å²) in [4.78, 5) is 24.5. The molecule has 8 nitrogen and oxygen atoms in total. The van der Waals surface area contributed by atoms with Gasteiger partial charge in [-0.1, -0.05) is 6.92 Å². The van der Waals surface area contributed by atoms with Crippen LogP contribution in [0.3, 0.4) is 0 Å². The fourth-order valence-electron chi connectivity index (χ4n) is 4.16. The average molecular weight is 530 g/mol. The third kappa shape index (κ3) is 4.45. The fourth-order valence-corrected chi connectivity index (χ4v) is 4.68. The molecule has 192 valence electrons. The summed E-state index contributed by atoms with van der Waals surface area (Å²) in [5, 5.41) is 18.5. The number of nitriles is 1. The van der Waals surface area contributed by atoms with E-state index in [4.69, 9.17) is 22.2 Å². The van der Waals surface area contributed by atoms with Gasteiger partial charge in [0.15, 0.2) is 10.9 Å². The van der Waals surface area contributed by atoms with E-state index in [9.17, 15) is 18.7 Å². The lowest BCUT2D eigenvalue weighted by Crippen LogP contribution is -2.44. The van der Waals surface area contributed by atoms with Crippen molar-refractivity contribution in [2.24, 2.45) is 0 Å². The number of thiocarbonyl (C=S) groups is 1. The van der Waals surface area contributed by atoms with Crippen LogP contribution in [0.5, 0.6) is 5.88 Å². The van der Waals surface area contributed by atoms with Crippen LogP contribution in [0.1, 0.15) is 44.1 Å². The average Bonchev–Trinajstić information content (AvgIpc) is 3.05. The largest absolute Gasteiger partial charge is 0.475 e. The van der Waals surface area contributed by atoms with Crippen LogP contribution >= 0.6 is 12.2 Å². The second-order valence-corrected chi connectivity index (χ2v) is 9.06. The van der Waals surface area contributed by atoms with E-state index >= 15 is 4.39 Å². The van der Waals surface area contributed by atoms with Gasteiger partial charge in [-0.3, -0.25) is 9.69 Å². The fraction of sp³-hybridized carbons (Fsp3) is 0.320. The van der Waals surface area contributed by atoms with E-state index < -0.39 is 29.3 Å². The normalized spacial score (nSPS) is 15.1. The van der Waals surface area contributed by atoms with Gasteiger partial charge in [-0.25, -0.2) is 18.2 Å². The zero-order valence-corrected chi connectivity index (χ0v) is 20.9. The number of fused-ring (bicyclic) bond motifs is 1. The molecular formula is C25H22F3N5O3S. The number of hydrogen-bond donors (Lipinski definition) is 1. The number of halogens is 3. The van der Waals surface area contributed by atoms with Crippen LogP contribution in [0, 0.1) is 17.1 Å². The molecule has 1 saturated heterocycles. The van der Waals surface area contributed by atoms with Gasteiger partial charge in [0.1, 0.15) is 23.5 Å². The van der Waals surface area contributed by atoms with E-state index in [1.54, 1.807) is 26.8 Å². The van der Waals surface area contributed by atoms with Crippen LogP contribution in [0.25, 0.3) is 10.9 Å². The number of aryl methyl sites for hydroxylation is 1. The van der Waals surface area contributed by atoms with Crippen molar-refractivity contribution < 1.29 is 27.8 Å². The minimum absolute atomic E-state index is 0.00307. The van der Waals surface area contributed by atoms with Gasteiger partial charge in [-0.15, -0.1) is 0 Å². The van der Waals surface area contributed by atoms with E-state index in [0.29, 0.717) is 12.2 Å². The van der Waals surface area contributed by atoms with Gasteiger partial charge < -0.3 is 14.7 Å². The molecule has 1 N–H and O–H groups in total. The van der Waals surface area contributed by atoms with E-state index in [0.717, 1.165) is 11.0 Å². The van der Waals surface area contributed by atoms with Crippen molar-refractivity contribution in [3.8, 4) is 11.9 Å². The molecule has 3 aromatic rings. The number of amides is 1. The molecule has 1 aliphatic rings. The summed E-state index contributed by atoms with van der Waals surface area (Å²) in [7, 11) is 0. The lowest BCUT2D eigenvalue weighted by Gasteiger charge is -2.29. The first-order chi connectivity index (χ1) is 17.5. The lowest BCUT2D eigenvalue weighted by atomic mass is 10.0. The Bertz CT molecular complexity index is 1460. The van der Waals surface area contributed by atoms with Gasteiger partial charge >= 0.3 is 0 Å². The third-order valence-corrected chi connectivity index (χ3v) is 6.34. The van der Waals surface area contributed by atoms with Crippen LogP contribution in [-0.4, -0.2) is 44.8 Å². The van der Waals surface area contributed by atoms with Crippen LogP contribution in [0.15, 0.2) is 30.3 Å². The van der Waals surface area contributed by atoms with Crippen LogP contribution in [0.2, 0.25) is 0 Å². The number of rotatable bonds is 7. The Morgan fingerprint density at radius 3 is 2.57 bits per heavy atom. The number of hydrogen-bond acceptors (Lipinski definition) is 7. The van der Waals surface area contributed by atoms with Crippen LogP contribution in [-0.2, 0) is 11.2 Å². The van der Waals surface area contributed by atoms with Crippen molar-refractivity contribution in [2.45, 2.75) is 39.2 Å². The maximum atomic E-state index is 15.4. The maximum Gasteiger partial charge on any atom is 0.265 e. The predicted molar refractivity (Wildman–Crippen MR) is 134 cm³/mol.